The van der Waals surface area contributed by atoms with Crippen molar-refractivity contribution >= 4 is 23.8 Å². The molecule has 0 rings (SSSR count). The normalized spacial score (nSPS) is 11.6. The summed E-state index contributed by atoms with van der Waals surface area (Å²) in [6.45, 7) is 1.82. The van der Waals surface area contributed by atoms with E-state index < -0.39 is 30.0 Å². The van der Waals surface area contributed by atoms with Crippen LogP contribution in [-0.4, -0.2) is 96.7 Å². The summed E-state index contributed by atoms with van der Waals surface area (Å²) in [4.78, 5) is 47.1. The number of ether oxygens (including phenoxy) is 5. The Bertz CT molecular complexity index is 515. The van der Waals surface area contributed by atoms with Crippen LogP contribution in [0.2, 0.25) is 0 Å². The fraction of sp³-hybridized carbons (Fsp3) is 0.778. The largest absolute Gasteiger partial charge is 0.468 e. The van der Waals surface area contributed by atoms with Gasteiger partial charge in [-0.3, -0.25) is 14.9 Å². The number of carbonyl (C=O) groups is 4. The molecule has 0 aromatic rings. The number of methoxy groups -OCH3 is 3. The lowest BCUT2D eigenvalue weighted by atomic mass is 10.1. The molecule has 0 aromatic carbocycles. The van der Waals surface area contributed by atoms with E-state index in [-0.39, 0.29) is 18.9 Å². The third-order valence-electron chi connectivity index (χ3n) is 3.84. The summed E-state index contributed by atoms with van der Waals surface area (Å²) in [5.41, 5.74) is 5.28. The van der Waals surface area contributed by atoms with Gasteiger partial charge in [0.2, 0.25) is 11.9 Å². The van der Waals surface area contributed by atoms with E-state index in [2.05, 4.69) is 20.1 Å². The van der Waals surface area contributed by atoms with Crippen molar-refractivity contribution in [2.24, 2.45) is 5.73 Å². The first-order valence-electron chi connectivity index (χ1n) is 9.53. The topological polar surface area (TPSA) is 165 Å². The minimum absolute atomic E-state index is 0.0851. The second-order valence-corrected chi connectivity index (χ2v) is 6.02. The molecule has 0 bridgehead atoms. The molecule has 0 heterocycles. The lowest BCUT2D eigenvalue weighted by Gasteiger charge is -2.21. The molecular weight excluding hydrogens is 402 g/mol. The highest BCUT2D eigenvalue weighted by atomic mass is 16.5. The van der Waals surface area contributed by atoms with Gasteiger partial charge in [0.05, 0.1) is 41.2 Å². The Labute approximate surface area is 176 Å². The fourth-order valence-electron chi connectivity index (χ4n) is 2.30. The highest BCUT2D eigenvalue weighted by Gasteiger charge is 2.33. The molecule has 0 spiro atoms. The molecule has 30 heavy (non-hydrogen) atoms. The van der Waals surface area contributed by atoms with Gasteiger partial charge in [-0.2, -0.15) is 0 Å². The average Bonchev–Trinajstić information content (AvgIpc) is 2.76. The zero-order chi connectivity index (χ0) is 22.8. The Morgan fingerprint density at radius 2 is 1.43 bits per heavy atom. The van der Waals surface area contributed by atoms with Gasteiger partial charge in [0.1, 0.15) is 12.6 Å². The van der Waals surface area contributed by atoms with Crippen molar-refractivity contribution < 1.29 is 42.9 Å². The number of unbranched alkanes of at least 4 members (excludes halogenated alkanes) is 1. The Hall–Kier alpha value is -2.28. The standard InChI is InChI=1S/C18H33N3O9/c1-26-16(23)13(21-15(17(24)27-2)18(25)28-3)6-4-5-8-20-14(22)12-30-11-10-29-9-7-19/h13,15,21H,4-12,19H2,1-3H3,(H,20,22). The van der Waals surface area contributed by atoms with Crippen LogP contribution >= 0.6 is 0 Å². The predicted octanol–water partition coefficient (Wildman–Crippen LogP) is -1.89. The van der Waals surface area contributed by atoms with Crippen molar-refractivity contribution in [1.82, 2.24) is 10.6 Å². The van der Waals surface area contributed by atoms with Crippen LogP contribution in [0.15, 0.2) is 0 Å². The van der Waals surface area contributed by atoms with Crippen molar-refractivity contribution in [3.8, 4) is 0 Å². The van der Waals surface area contributed by atoms with Crippen LogP contribution in [0, 0.1) is 0 Å². The quantitative estimate of drug-likeness (QED) is 0.101. The average molecular weight is 435 g/mol. The molecule has 174 valence electrons. The highest BCUT2D eigenvalue weighted by molar-refractivity contribution is 5.99. The molecule has 12 heteroatoms. The van der Waals surface area contributed by atoms with E-state index in [0.29, 0.717) is 45.8 Å². The van der Waals surface area contributed by atoms with Gasteiger partial charge in [-0.15, -0.1) is 0 Å². The van der Waals surface area contributed by atoms with Crippen molar-refractivity contribution in [3.05, 3.63) is 0 Å². The number of hydrogen-bond acceptors (Lipinski definition) is 11. The number of esters is 3. The first-order chi connectivity index (χ1) is 14.4. The highest BCUT2D eigenvalue weighted by Crippen LogP contribution is 2.06. The minimum Gasteiger partial charge on any atom is -0.468 e. The van der Waals surface area contributed by atoms with E-state index in [1.165, 1.54) is 7.11 Å². The van der Waals surface area contributed by atoms with Crippen LogP contribution in [0.4, 0.5) is 0 Å². The molecule has 1 unspecified atom stereocenters. The first-order valence-corrected chi connectivity index (χ1v) is 9.53. The fourth-order valence-corrected chi connectivity index (χ4v) is 2.30. The summed E-state index contributed by atoms with van der Waals surface area (Å²) >= 11 is 0. The molecule has 12 nitrogen and oxygen atoms in total. The number of carbonyl (C=O) groups excluding carboxylic acids is 4. The maximum Gasteiger partial charge on any atom is 0.334 e. The molecule has 0 radical (unpaired) electrons. The zero-order valence-electron chi connectivity index (χ0n) is 17.8. The minimum atomic E-state index is -1.45. The molecule has 0 aromatic heterocycles. The van der Waals surface area contributed by atoms with Gasteiger partial charge >= 0.3 is 17.9 Å². The van der Waals surface area contributed by atoms with Gasteiger partial charge in [0.15, 0.2) is 0 Å². The molecule has 4 N–H and O–H groups in total. The van der Waals surface area contributed by atoms with E-state index in [0.717, 1.165) is 14.2 Å². The van der Waals surface area contributed by atoms with Crippen LogP contribution in [0.1, 0.15) is 19.3 Å². The molecular formula is C18H33N3O9. The molecule has 0 aliphatic carbocycles. The first kappa shape index (κ1) is 27.7. The SMILES string of the molecule is COC(=O)C(CCCCNC(=O)COCCOCCN)NC(C(=O)OC)C(=O)OC. The number of amides is 1. The Balaban J connectivity index is 4.27. The summed E-state index contributed by atoms with van der Waals surface area (Å²) < 4.78 is 24.1. The van der Waals surface area contributed by atoms with Crippen molar-refractivity contribution in [2.45, 2.75) is 31.3 Å². The smallest absolute Gasteiger partial charge is 0.334 e. The van der Waals surface area contributed by atoms with Crippen LogP contribution in [0.25, 0.3) is 0 Å². The Kier molecular flexibility index (Phi) is 16.2. The van der Waals surface area contributed by atoms with Crippen molar-refractivity contribution in [3.63, 3.8) is 0 Å². The monoisotopic (exact) mass is 435 g/mol. The zero-order valence-corrected chi connectivity index (χ0v) is 17.8. The summed E-state index contributed by atoms with van der Waals surface area (Å²) in [5.74, 6) is -2.66. The molecule has 0 saturated heterocycles. The third kappa shape index (κ3) is 12.3. The van der Waals surface area contributed by atoms with Gasteiger partial charge in [-0.05, 0) is 19.3 Å². The maximum atomic E-state index is 12.0. The molecule has 0 fully saturated rings. The van der Waals surface area contributed by atoms with E-state index in [1.54, 1.807) is 0 Å². The van der Waals surface area contributed by atoms with E-state index >= 15 is 0 Å². The summed E-state index contributed by atoms with van der Waals surface area (Å²) in [6, 6.07) is -2.37. The molecule has 0 aliphatic heterocycles. The van der Waals surface area contributed by atoms with Crippen molar-refractivity contribution in [2.75, 3.05) is 60.8 Å². The third-order valence-corrected chi connectivity index (χ3v) is 3.84. The van der Waals surface area contributed by atoms with E-state index in [9.17, 15) is 19.2 Å². The van der Waals surface area contributed by atoms with E-state index in [4.69, 9.17) is 19.9 Å². The van der Waals surface area contributed by atoms with E-state index in [1.807, 2.05) is 0 Å². The molecule has 0 aliphatic rings. The van der Waals surface area contributed by atoms with Crippen LogP contribution < -0.4 is 16.4 Å². The maximum absolute atomic E-state index is 12.0. The van der Waals surface area contributed by atoms with Crippen LogP contribution in [-0.2, 0) is 42.9 Å². The Morgan fingerprint density at radius 3 is 2.00 bits per heavy atom. The molecule has 1 atom stereocenters. The molecule has 1 amide bonds. The lowest BCUT2D eigenvalue weighted by molar-refractivity contribution is -0.156. The second kappa shape index (κ2) is 17.6. The van der Waals surface area contributed by atoms with Gasteiger partial charge in [-0.1, -0.05) is 0 Å². The predicted molar refractivity (Wildman–Crippen MR) is 104 cm³/mol. The van der Waals surface area contributed by atoms with Crippen LogP contribution in [0.3, 0.4) is 0 Å². The molecule has 0 saturated carbocycles. The lowest BCUT2D eigenvalue weighted by Crippen LogP contribution is -2.52. The van der Waals surface area contributed by atoms with Gasteiger partial charge in [0, 0.05) is 13.1 Å². The second-order valence-electron chi connectivity index (χ2n) is 6.02. The summed E-state index contributed by atoms with van der Waals surface area (Å²) in [6.07, 6.45) is 1.33. The van der Waals surface area contributed by atoms with Crippen molar-refractivity contribution in [1.29, 1.82) is 0 Å². The van der Waals surface area contributed by atoms with Gasteiger partial charge < -0.3 is 34.7 Å². The number of hydrogen-bond donors (Lipinski definition) is 3. The van der Waals surface area contributed by atoms with Gasteiger partial charge in [0.25, 0.3) is 0 Å². The van der Waals surface area contributed by atoms with Gasteiger partial charge in [-0.25, -0.2) is 9.59 Å². The summed E-state index contributed by atoms with van der Waals surface area (Å²) in [7, 11) is 3.43. The Morgan fingerprint density at radius 1 is 0.833 bits per heavy atom. The number of nitrogens with two attached hydrogens (primary N) is 1. The summed E-state index contributed by atoms with van der Waals surface area (Å²) in [5, 5.41) is 5.29. The number of nitrogens with one attached hydrogen (secondary N) is 2. The number of rotatable bonds is 17. The van der Waals surface area contributed by atoms with Crippen LogP contribution in [0.5, 0.6) is 0 Å².